The third kappa shape index (κ3) is 6.22. The van der Waals surface area contributed by atoms with E-state index >= 15 is 0 Å². The molecule has 1 aliphatic carbocycles. The van der Waals surface area contributed by atoms with E-state index in [9.17, 15) is 13.6 Å². The van der Waals surface area contributed by atoms with Gasteiger partial charge in [-0.05, 0) is 47.0 Å². The number of carbonyl (C=O) groups excluding carboxylic acids is 1. The Hall–Kier alpha value is -0.950. The van der Waals surface area contributed by atoms with Crippen LogP contribution in [0.5, 0.6) is 0 Å². The van der Waals surface area contributed by atoms with Gasteiger partial charge < -0.3 is 15.4 Å². The molecule has 2 fully saturated rings. The Balaban J connectivity index is 1.68. The fourth-order valence-corrected chi connectivity index (χ4v) is 2.99. The summed E-state index contributed by atoms with van der Waals surface area (Å²) in [6.45, 7) is 6.92. The maximum absolute atomic E-state index is 13.9. The third-order valence-electron chi connectivity index (χ3n) is 4.18. The molecular weight excluding hydrogens is 304 g/mol. The van der Waals surface area contributed by atoms with E-state index in [1.54, 1.807) is 20.8 Å². The highest BCUT2D eigenvalue weighted by molar-refractivity contribution is 5.67. The van der Waals surface area contributed by atoms with Crippen LogP contribution in [0.15, 0.2) is 0 Å². The van der Waals surface area contributed by atoms with Gasteiger partial charge in [-0.3, -0.25) is 4.90 Å². The highest BCUT2D eigenvalue weighted by Gasteiger charge is 2.40. The number of carbonyl (C=O) groups is 1. The lowest BCUT2D eigenvalue weighted by Gasteiger charge is -2.23. The summed E-state index contributed by atoms with van der Waals surface area (Å²) in [6, 6.07) is 1.21. The van der Waals surface area contributed by atoms with Gasteiger partial charge in [-0.2, -0.15) is 0 Å². The Morgan fingerprint density at radius 3 is 2.48 bits per heavy atom. The van der Waals surface area contributed by atoms with Gasteiger partial charge in [0.05, 0.1) is 13.1 Å². The van der Waals surface area contributed by atoms with E-state index in [-0.39, 0.29) is 6.04 Å². The molecule has 2 rings (SSSR count). The van der Waals surface area contributed by atoms with Crippen molar-refractivity contribution in [2.45, 2.75) is 76.6 Å². The molecule has 23 heavy (non-hydrogen) atoms. The van der Waals surface area contributed by atoms with Crippen molar-refractivity contribution in [2.75, 3.05) is 19.6 Å². The minimum Gasteiger partial charge on any atom is -0.444 e. The largest absolute Gasteiger partial charge is 0.444 e. The smallest absolute Gasteiger partial charge is 0.407 e. The molecule has 2 atom stereocenters. The first-order valence-corrected chi connectivity index (χ1v) is 8.39. The Kier molecular flexibility index (Phi) is 5.51. The van der Waals surface area contributed by atoms with Crippen LogP contribution < -0.4 is 10.6 Å². The number of hydrogen-bond acceptors (Lipinski definition) is 4. The topological polar surface area (TPSA) is 53.6 Å². The number of halogens is 2. The molecule has 0 bridgehead atoms. The average Bonchev–Trinajstić information content (AvgIpc) is 3.17. The van der Waals surface area contributed by atoms with Gasteiger partial charge in [0.15, 0.2) is 0 Å². The number of rotatable bonds is 6. The SMILES string of the molecule is CC1CC(NCC(F)(F)CNC(=O)OC(C)(C)C)CN1C1CC1. The van der Waals surface area contributed by atoms with E-state index in [2.05, 4.69) is 22.5 Å². The number of nitrogens with one attached hydrogen (secondary N) is 2. The number of nitrogens with zero attached hydrogens (tertiary/aromatic N) is 1. The van der Waals surface area contributed by atoms with Crippen LogP contribution in [0.4, 0.5) is 13.6 Å². The number of alkyl carbamates (subject to hydrolysis) is 1. The van der Waals surface area contributed by atoms with E-state index in [0.717, 1.165) is 13.0 Å². The lowest BCUT2D eigenvalue weighted by Crippen LogP contribution is -2.47. The molecule has 1 saturated carbocycles. The summed E-state index contributed by atoms with van der Waals surface area (Å²) in [6.07, 6.45) is 2.54. The number of hydrogen-bond donors (Lipinski definition) is 2. The molecule has 2 N–H and O–H groups in total. The minimum atomic E-state index is -2.99. The first kappa shape index (κ1) is 18.4. The fraction of sp³-hybridized carbons (Fsp3) is 0.938. The number of amides is 1. The van der Waals surface area contributed by atoms with Crippen molar-refractivity contribution in [3.63, 3.8) is 0 Å². The molecule has 0 spiro atoms. The van der Waals surface area contributed by atoms with Crippen LogP contribution in [0.25, 0.3) is 0 Å². The van der Waals surface area contributed by atoms with Crippen molar-refractivity contribution in [3.8, 4) is 0 Å². The molecule has 1 saturated heterocycles. The summed E-state index contributed by atoms with van der Waals surface area (Å²) in [4.78, 5) is 13.9. The second-order valence-corrected chi connectivity index (χ2v) is 7.80. The zero-order valence-corrected chi connectivity index (χ0v) is 14.5. The summed E-state index contributed by atoms with van der Waals surface area (Å²) in [5.41, 5.74) is -0.691. The van der Waals surface area contributed by atoms with Crippen LogP contribution >= 0.6 is 0 Å². The van der Waals surface area contributed by atoms with Crippen molar-refractivity contribution in [1.29, 1.82) is 0 Å². The van der Waals surface area contributed by atoms with Crippen molar-refractivity contribution in [1.82, 2.24) is 15.5 Å². The first-order valence-electron chi connectivity index (χ1n) is 8.39. The summed E-state index contributed by atoms with van der Waals surface area (Å²) in [5.74, 6) is -2.99. The highest BCUT2D eigenvalue weighted by atomic mass is 19.3. The van der Waals surface area contributed by atoms with E-state index < -0.39 is 30.7 Å². The fourth-order valence-electron chi connectivity index (χ4n) is 2.99. The van der Waals surface area contributed by atoms with Crippen LogP contribution in [0.3, 0.4) is 0 Å². The zero-order valence-electron chi connectivity index (χ0n) is 14.5. The van der Waals surface area contributed by atoms with E-state index in [1.165, 1.54) is 12.8 Å². The molecule has 1 aliphatic heterocycles. The molecule has 2 aliphatic rings. The van der Waals surface area contributed by atoms with Crippen molar-refractivity contribution < 1.29 is 18.3 Å². The second kappa shape index (κ2) is 6.89. The van der Waals surface area contributed by atoms with E-state index in [0.29, 0.717) is 12.1 Å². The maximum Gasteiger partial charge on any atom is 0.407 e. The van der Waals surface area contributed by atoms with Gasteiger partial charge in [0, 0.05) is 24.7 Å². The van der Waals surface area contributed by atoms with Gasteiger partial charge in [-0.25, -0.2) is 13.6 Å². The van der Waals surface area contributed by atoms with Gasteiger partial charge in [-0.1, -0.05) is 0 Å². The van der Waals surface area contributed by atoms with Crippen LogP contribution in [0, 0.1) is 0 Å². The van der Waals surface area contributed by atoms with Gasteiger partial charge in [-0.15, -0.1) is 0 Å². The van der Waals surface area contributed by atoms with Crippen molar-refractivity contribution in [2.24, 2.45) is 0 Å². The molecule has 134 valence electrons. The van der Waals surface area contributed by atoms with Crippen LogP contribution in [-0.4, -0.2) is 60.3 Å². The van der Waals surface area contributed by atoms with Gasteiger partial charge in [0.1, 0.15) is 5.60 Å². The molecule has 5 nitrogen and oxygen atoms in total. The van der Waals surface area contributed by atoms with Gasteiger partial charge in [0.25, 0.3) is 5.92 Å². The maximum atomic E-state index is 13.9. The quantitative estimate of drug-likeness (QED) is 0.783. The molecule has 7 heteroatoms. The van der Waals surface area contributed by atoms with Crippen LogP contribution in [0.2, 0.25) is 0 Å². The molecule has 0 aromatic heterocycles. The Labute approximate surface area is 137 Å². The third-order valence-corrected chi connectivity index (χ3v) is 4.18. The lowest BCUT2D eigenvalue weighted by molar-refractivity contribution is -0.00537. The average molecular weight is 333 g/mol. The normalized spacial score (nSPS) is 26.3. The Morgan fingerprint density at radius 2 is 1.91 bits per heavy atom. The summed E-state index contributed by atoms with van der Waals surface area (Å²) >= 11 is 0. The van der Waals surface area contributed by atoms with E-state index in [4.69, 9.17) is 4.74 Å². The lowest BCUT2D eigenvalue weighted by atomic mass is 10.2. The first-order chi connectivity index (χ1) is 10.6. The second-order valence-electron chi connectivity index (χ2n) is 7.80. The molecular formula is C16H29F2N3O2. The molecule has 0 aromatic rings. The number of alkyl halides is 2. The molecule has 0 radical (unpaired) electrons. The summed E-state index contributed by atoms with van der Waals surface area (Å²) in [7, 11) is 0. The summed E-state index contributed by atoms with van der Waals surface area (Å²) < 4.78 is 32.7. The van der Waals surface area contributed by atoms with Gasteiger partial charge in [0.2, 0.25) is 0 Å². The summed E-state index contributed by atoms with van der Waals surface area (Å²) in [5, 5.41) is 5.09. The highest BCUT2D eigenvalue weighted by Crippen LogP contribution is 2.33. The van der Waals surface area contributed by atoms with Crippen LogP contribution in [0.1, 0.15) is 47.0 Å². The predicted octanol–water partition coefficient (Wildman–Crippen LogP) is 2.36. The monoisotopic (exact) mass is 333 g/mol. The molecule has 0 aromatic carbocycles. The Morgan fingerprint density at radius 1 is 1.26 bits per heavy atom. The zero-order chi connectivity index (χ0) is 17.3. The molecule has 1 amide bonds. The van der Waals surface area contributed by atoms with Crippen LogP contribution in [-0.2, 0) is 4.74 Å². The minimum absolute atomic E-state index is 0.0954. The number of likely N-dealkylation sites (tertiary alicyclic amines) is 1. The Bertz CT molecular complexity index is 422. The number of ether oxygens (including phenoxy) is 1. The van der Waals surface area contributed by atoms with E-state index in [1.807, 2.05) is 0 Å². The molecule has 1 heterocycles. The standard InChI is InChI=1S/C16H29F2N3O2/c1-11-7-12(8-21(11)13-5-6-13)19-9-16(17,18)10-20-14(22)23-15(2,3)4/h11-13,19H,5-10H2,1-4H3,(H,20,22). The predicted molar refractivity (Wildman–Crippen MR) is 84.8 cm³/mol. The molecule has 2 unspecified atom stereocenters. The van der Waals surface area contributed by atoms with Gasteiger partial charge >= 0.3 is 6.09 Å². The van der Waals surface area contributed by atoms with Crippen molar-refractivity contribution >= 4 is 6.09 Å². The van der Waals surface area contributed by atoms with Crippen molar-refractivity contribution in [3.05, 3.63) is 0 Å².